The number of alkyl halides is 1. The summed E-state index contributed by atoms with van der Waals surface area (Å²) in [5, 5.41) is 10.3. The van der Waals surface area contributed by atoms with Crippen LogP contribution in [0.25, 0.3) is 16.6 Å². The molecule has 7 rings (SSSR count). The normalized spacial score (nSPS) is 28.9. The third-order valence-electron chi connectivity index (χ3n) is 8.63. The van der Waals surface area contributed by atoms with E-state index in [1.807, 2.05) is 0 Å². The molecule has 4 heterocycles. The number of carbonyl (C=O) groups excluding carboxylic acids is 2. The van der Waals surface area contributed by atoms with Crippen molar-refractivity contribution in [2.75, 3.05) is 12.4 Å². The number of halogens is 1. The summed E-state index contributed by atoms with van der Waals surface area (Å²) in [4.78, 5) is 47.1. The lowest BCUT2D eigenvalue weighted by Gasteiger charge is -2.39. The second kappa shape index (κ2) is 9.53. The Labute approximate surface area is 244 Å². The van der Waals surface area contributed by atoms with Gasteiger partial charge >= 0.3 is 11.8 Å². The number of fused-ring (bicyclic) bond motifs is 2. The molecular formula is C28H32FN9O4. The van der Waals surface area contributed by atoms with Gasteiger partial charge in [0.2, 0.25) is 5.91 Å². The van der Waals surface area contributed by atoms with Gasteiger partial charge in [-0.25, -0.2) is 28.5 Å². The Balaban J connectivity index is 1.28. The van der Waals surface area contributed by atoms with Gasteiger partial charge in [-0.2, -0.15) is 0 Å². The maximum atomic E-state index is 14.1. The van der Waals surface area contributed by atoms with E-state index < -0.39 is 48.3 Å². The molecule has 0 unspecified atom stereocenters. The maximum Gasteiger partial charge on any atom is 0.407 e. The van der Waals surface area contributed by atoms with Crippen LogP contribution in [0.1, 0.15) is 73.9 Å². The molecular weight excluding hydrogens is 545 g/mol. The Hall–Kier alpha value is -4.49. The van der Waals surface area contributed by atoms with Crippen molar-refractivity contribution < 1.29 is 24.2 Å². The Morgan fingerprint density at radius 3 is 2.69 bits per heavy atom. The number of imidazole rings is 2. The minimum atomic E-state index is -2.81. The topological polar surface area (TPSA) is 163 Å². The Bertz CT molecular complexity index is 1960. The standard InChI is InChI=1S/C28H32FN9O4/c1-36-20-13-31-22(10-19(20)37(27(36)41)17-6-5-16(9-17)32-26(40)42-2)33-21-8-7-18-23(14-3-4-14)34-25(38(18)35-21)28(24(30)39)11-15(29)12-28/h7-8,10,13-17H,3-6,9,11-12H2,1-2H3,(H2,30,39)(H,32,40)(H,31,33,35)/t15?,16-,17-,28?/m1/s1/i1D3,16D. The second-order valence-electron chi connectivity index (χ2n) is 11.4. The second-order valence-corrected chi connectivity index (χ2v) is 11.4. The fourth-order valence-electron chi connectivity index (χ4n) is 6.25. The highest BCUT2D eigenvalue weighted by molar-refractivity contribution is 5.87. The molecule has 2 amide bonds. The lowest BCUT2D eigenvalue weighted by molar-refractivity contribution is -0.129. The van der Waals surface area contributed by atoms with Gasteiger partial charge in [0.1, 0.15) is 23.2 Å². The molecule has 3 aliphatic carbocycles. The molecule has 4 aromatic rings. The lowest BCUT2D eigenvalue weighted by atomic mass is 9.66. The number of alkyl carbamates (subject to hydrolysis) is 1. The molecule has 42 heavy (non-hydrogen) atoms. The molecule has 3 fully saturated rings. The molecule has 4 N–H and O–H groups in total. The predicted molar refractivity (Wildman–Crippen MR) is 150 cm³/mol. The summed E-state index contributed by atoms with van der Waals surface area (Å²) in [6.45, 7) is -2.81. The zero-order chi connectivity index (χ0) is 32.8. The molecule has 0 aliphatic heterocycles. The fraction of sp³-hybridized carbons (Fsp3) is 0.500. The highest BCUT2D eigenvalue weighted by Crippen LogP contribution is 2.48. The summed E-state index contributed by atoms with van der Waals surface area (Å²) < 4.78 is 55.0. The van der Waals surface area contributed by atoms with E-state index in [1.165, 1.54) is 28.5 Å². The average Bonchev–Trinajstić information content (AvgIpc) is 3.54. The van der Waals surface area contributed by atoms with Crippen molar-refractivity contribution in [2.45, 2.75) is 74.5 Å². The summed E-state index contributed by atoms with van der Waals surface area (Å²) in [6.07, 6.45) is 1.67. The highest BCUT2D eigenvalue weighted by atomic mass is 19.1. The highest BCUT2D eigenvalue weighted by Gasteiger charge is 2.54. The van der Waals surface area contributed by atoms with Gasteiger partial charge in [0.25, 0.3) is 0 Å². The Kier molecular flexibility index (Phi) is 5.03. The SMILES string of the molecule is [2H]C([2H])([2H])n1c(=O)n([C@@H]2CC[C@@]([2H])(NC(=O)OC)C2)c2cc(Nc3ccc4c(C5CC5)nc(C5(C(N)=O)CC(F)C5)n4n3)ncc21. The van der Waals surface area contributed by atoms with E-state index in [1.54, 1.807) is 12.1 Å². The minimum absolute atomic E-state index is 0.0412. The van der Waals surface area contributed by atoms with Crippen LogP contribution in [0, 0.1) is 0 Å². The van der Waals surface area contributed by atoms with Gasteiger partial charge in [-0.05, 0) is 44.2 Å². The molecule has 3 aliphatic rings. The number of amides is 2. The third-order valence-corrected chi connectivity index (χ3v) is 8.63. The Morgan fingerprint density at radius 1 is 1.19 bits per heavy atom. The summed E-state index contributed by atoms with van der Waals surface area (Å²) >= 11 is 0. The summed E-state index contributed by atoms with van der Waals surface area (Å²) in [6, 6.07) is 3.03. The van der Waals surface area contributed by atoms with Crippen LogP contribution in [0.2, 0.25) is 0 Å². The van der Waals surface area contributed by atoms with Crippen LogP contribution >= 0.6 is 0 Å². The number of anilines is 2. The van der Waals surface area contributed by atoms with E-state index in [-0.39, 0.29) is 48.5 Å². The molecule has 220 valence electrons. The van der Waals surface area contributed by atoms with E-state index in [4.69, 9.17) is 16.2 Å². The fourth-order valence-corrected chi connectivity index (χ4v) is 6.25. The molecule has 0 radical (unpaired) electrons. The van der Waals surface area contributed by atoms with Crippen molar-refractivity contribution in [2.24, 2.45) is 12.7 Å². The van der Waals surface area contributed by atoms with E-state index in [0.717, 1.165) is 18.5 Å². The largest absolute Gasteiger partial charge is 0.453 e. The van der Waals surface area contributed by atoms with Crippen molar-refractivity contribution in [3.05, 3.63) is 46.4 Å². The zero-order valence-electron chi connectivity index (χ0n) is 26.8. The quantitative estimate of drug-likeness (QED) is 0.300. The average molecular weight is 582 g/mol. The third kappa shape index (κ3) is 4.10. The maximum absolute atomic E-state index is 14.1. The molecule has 0 saturated heterocycles. The van der Waals surface area contributed by atoms with Crippen LogP contribution in [0.4, 0.5) is 20.8 Å². The number of aromatic nitrogens is 6. The molecule has 14 heteroatoms. The first kappa shape index (κ1) is 22.2. The first-order valence-electron chi connectivity index (χ1n) is 15.8. The molecule has 3 saturated carbocycles. The smallest absolute Gasteiger partial charge is 0.407 e. The van der Waals surface area contributed by atoms with Crippen LogP contribution in [0.5, 0.6) is 0 Å². The first-order chi connectivity index (χ1) is 21.7. The number of rotatable bonds is 7. The van der Waals surface area contributed by atoms with Crippen molar-refractivity contribution in [3.63, 3.8) is 0 Å². The molecule has 0 aromatic carbocycles. The van der Waals surface area contributed by atoms with Crippen molar-refractivity contribution in [3.8, 4) is 0 Å². The van der Waals surface area contributed by atoms with Crippen molar-refractivity contribution in [1.29, 1.82) is 0 Å². The number of carbonyl (C=O) groups is 2. The van der Waals surface area contributed by atoms with Gasteiger partial charge in [-0.15, -0.1) is 5.10 Å². The molecule has 13 nitrogen and oxygen atoms in total. The number of aryl methyl sites for hydroxylation is 1. The van der Waals surface area contributed by atoms with Gasteiger partial charge in [-0.1, -0.05) is 0 Å². The van der Waals surface area contributed by atoms with E-state index in [2.05, 4.69) is 25.5 Å². The van der Waals surface area contributed by atoms with Crippen LogP contribution in [0.3, 0.4) is 0 Å². The van der Waals surface area contributed by atoms with E-state index in [9.17, 15) is 18.8 Å². The van der Waals surface area contributed by atoms with E-state index in [0.29, 0.717) is 28.1 Å². The van der Waals surface area contributed by atoms with Gasteiger partial charge in [-0.3, -0.25) is 13.9 Å². The molecule has 2 atom stereocenters. The number of pyridine rings is 1. The molecule has 0 bridgehead atoms. The Morgan fingerprint density at radius 2 is 2.00 bits per heavy atom. The lowest BCUT2D eigenvalue weighted by Crippen LogP contribution is -2.53. The summed E-state index contributed by atoms with van der Waals surface area (Å²) in [7, 11) is 1.19. The van der Waals surface area contributed by atoms with Gasteiger partial charge in [0, 0.05) is 48.0 Å². The number of hydrogen-bond donors (Lipinski definition) is 3. The summed E-state index contributed by atoms with van der Waals surface area (Å²) in [5.74, 6) is 0.389. The number of ether oxygens (including phenoxy) is 1. The molecule has 0 spiro atoms. The minimum Gasteiger partial charge on any atom is -0.453 e. The number of methoxy groups -OCH3 is 1. The van der Waals surface area contributed by atoms with E-state index >= 15 is 0 Å². The number of nitrogens with zero attached hydrogens (tertiary/aromatic N) is 6. The molecule has 4 aromatic heterocycles. The monoisotopic (exact) mass is 581 g/mol. The van der Waals surface area contributed by atoms with Crippen molar-refractivity contribution in [1.82, 2.24) is 34.0 Å². The van der Waals surface area contributed by atoms with Gasteiger partial charge in [0.15, 0.2) is 5.82 Å². The zero-order valence-corrected chi connectivity index (χ0v) is 22.8. The van der Waals surface area contributed by atoms with Crippen LogP contribution in [0.15, 0.2) is 29.2 Å². The number of nitrogens with one attached hydrogen (secondary N) is 2. The predicted octanol–water partition coefficient (Wildman–Crippen LogP) is 2.70. The number of nitrogens with two attached hydrogens (primary N) is 1. The van der Waals surface area contributed by atoms with Gasteiger partial charge in [0.05, 0.1) is 36.9 Å². The number of primary amides is 1. The van der Waals surface area contributed by atoms with Crippen molar-refractivity contribution >= 4 is 40.2 Å². The number of hydrogen-bond acceptors (Lipinski definition) is 8. The van der Waals surface area contributed by atoms with Crippen LogP contribution < -0.4 is 22.1 Å². The van der Waals surface area contributed by atoms with Crippen LogP contribution in [-0.2, 0) is 21.9 Å². The summed E-state index contributed by atoms with van der Waals surface area (Å²) in [5.41, 5.74) is 5.52. The van der Waals surface area contributed by atoms with Gasteiger partial charge < -0.3 is 21.1 Å². The van der Waals surface area contributed by atoms with Crippen LogP contribution in [-0.4, -0.2) is 60.0 Å². The first-order valence-corrected chi connectivity index (χ1v) is 13.8.